The number of carbonyl (C=O) groups is 2. The van der Waals surface area contributed by atoms with Crippen molar-refractivity contribution in [2.75, 3.05) is 26.9 Å². The molecular formula is C19H26N2O6S2. The predicted octanol–water partition coefficient (Wildman–Crippen LogP) is 2.47. The Hall–Kier alpha value is -2.01. The van der Waals surface area contributed by atoms with E-state index in [1.807, 2.05) is 25.3 Å². The van der Waals surface area contributed by atoms with Gasteiger partial charge >= 0.3 is 5.97 Å². The summed E-state index contributed by atoms with van der Waals surface area (Å²) in [7, 11) is -2.00. The fourth-order valence-corrected chi connectivity index (χ4v) is 5.19. The Morgan fingerprint density at radius 3 is 2.66 bits per heavy atom. The van der Waals surface area contributed by atoms with Crippen LogP contribution in [0.2, 0.25) is 0 Å². The Kier molecular flexibility index (Phi) is 8.14. The van der Waals surface area contributed by atoms with Gasteiger partial charge in [-0.25, -0.2) is 13.1 Å². The minimum Gasteiger partial charge on any atom is -0.457 e. The molecule has 10 heteroatoms. The third kappa shape index (κ3) is 5.99. The van der Waals surface area contributed by atoms with Crippen LogP contribution in [0.3, 0.4) is 0 Å². The van der Waals surface area contributed by atoms with Crippen LogP contribution in [0.25, 0.3) is 0 Å². The van der Waals surface area contributed by atoms with Crippen LogP contribution in [-0.2, 0) is 24.3 Å². The maximum atomic E-state index is 12.5. The first-order chi connectivity index (χ1) is 13.7. The molecule has 0 aliphatic heterocycles. The predicted molar refractivity (Wildman–Crippen MR) is 110 cm³/mol. The summed E-state index contributed by atoms with van der Waals surface area (Å²) in [5.74, 6) is -0.949. The van der Waals surface area contributed by atoms with Crippen molar-refractivity contribution in [1.29, 1.82) is 0 Å². The van der Waals surface area contributed by atoms with Crippen LogP contribution < -0.4 is 4.72 Å². The number of carbonyl (C=O) groups excluding carboxylic acids is 2. The van der Waals surface area contributed by atoms with Crippen molar-refractivity contribution in [2.24, 2.45) is 0 Å². The fourth-order valence-electron chi connectivity index (χ4n) is 3.12. The number of rotatable bonds is 11. The van der Waals surface area contributed by atoms with E-state index in [0.717, 1.165) is 22.7 Å². The van der Waals surface area contributed by atoms with Crippen LogP contribution in [0.1, 0.15) is 41.1 Å². The van der Waals surface area contributed by atoms with Gasteiger partial charge in [0.25, 0.3) is 0 Å². The van der Waals surface area contributed by atoms with E-state index in [1.54, 1.807) is 24.6 Å². The molecule has 1 N–H and O–H groups in total. The minimum atomic E-state index is -3.63. The van der Waals surface area contributed by atoms with E-state index in [2.05, 4.69) is 4.72 Å². The summed E-state index contributed by atoms with van der Waals surface area (Å²) in [5.41, 5.74) is 2.21. The molecule has 0 fully saturated rings. The Balaban J connectivity index is 1.86. The Morgan fingerprint density at radius 1 is 1.31 bits per heavy atom. The van der Waals surface area contributed by atoms with Gasteiger partial charge in [-0.15, -0.1) is 11.3 Å². The number of nitrogens with one attached hydrogen (secondary N) is 1. The van der Waals surface area contributed by atoms with Gasteiger partial charge in [0.15, 0.2) is 6.61 Å². The summed E-state index contributed by atoms with van der Waals surface area (Å²) in [6.07, 6.45) is -0.165. The molecule has 0 spiro atoms. The topological polar surface area (TPSA) is 104 Å². The van der Waals surface area contributed by atoms with Crippen molar-refractivity contribution < 1.29 is 27.5 Å². The van der Waals surface area contributed by atoms with Crippen molar-refractivity contribution in [3.63, 3.8) is 0 Å². The van der Waals surface area contributed by atoms with Gasteiger partial charge in [-0.05, 0) is 38.3 Å². The van der Waals surface area contributed by atoms with Crippen molar-refractivity contribution >= 4 is 33.1 Å². The molecular weight excluding hydrogens is 416 g/mol. The molecule has 0 amide bonds. The first-order valence-corrected chi connectivity index (χ1v) is 11.4. The summed E-state index contributed by atoms with van der Waals surface area (Å²) in [6, 6.07) is 4.95. The normalized spacial score (nSPS) is 12.7. The highest BCUT2D eigenvalue weighted by Gasteiger charge is 2.20. The molecule has 2 heterocycles. The van der Waals surface area contributed by atoms with Crippen molar-refractivity contribution in [3.05, 3.63) is 40.5 Å². The molecule has 2 rings (SSSR count). The smallest absolute Gasteiger partial charge is 0.307 e. The van der Waals surface area contributed by atoms with E-state index in [1.165, 1.54) is 6.07 Å². The Morgan fingerprint density at radius 2 is 2.03 bits per heavy atom. The molecule has 160 valence electrons. The molecule has 0 aromatic carbocycles. The zero-order valence-electron chi connectivity index (χ0n) is 16.9. The van der Waals surface area contributed by atoms with E-state index in [0.29, 0.717) is 12.2 Å². The molecule has 1 atom stereocenters. The lowest BCUT2D eigenvalue weighted by atomic mass is 10.1. The number of aryl methyl sites for hydroxylation is 1. The third-order valence-electron chi connectivity index (χ3n) is 4.38. The van der Waals surface area contributed by atoms with Crippen LogP contribution in [0, 0.1) is 13.8 Å². The molecule has 0 saturated heterocycles. The Labute approximate surface area is 174 Å². The second-order valence-electron chi connectivity index (χ2n) is 6.62. The van der Waals surface area contributed by atoms with E-state index in [-0.39, 0.29) is 35.6 Å². The first-order valence-electron chi connectivity index (χ1n) is 9.06. The number of hydrogen-bond donors (Lipinski definition) is 1. The summed E-state index contributed by atoms with van der Waals surface area (Å²) in [6.45, 7) is 5.76. The quantitative estimate of drug-likeness (QED) is 0.424. The molecule has 0 aliphatic carbocycles. The van der Waals surface area contributed by atoms with Gasteiger partial charge in [0, 0.05) is 30.6 Å². The number of ketones is 1. The number of hydrogen-bond acceptors (Lipinski definition) is 7. The van der Waals surface area contributed by atoms with Crippen molar-refractivity contribution in [3.8, 4) is 0 Å². The van der Waals surface area contributed by atoms with Crippen LogP contribution in [-0.4, -0.2) is 51.6 Å². The second-order valence-corrected chi connectivity index (χ2v) is 9.56. The maximum Gasteiger partial charge on any atom is 0.307 e. The molecule has 0 aliphatic rings. The van der Waals surface area contributed by atoms with Crippen LogP contribution in [0.15, 0.2) is 27.8 Å². The number of Topliss-reactive ketones (excluding diaryl/α,β-unsaturated/α-hetero) is 1. The van der Waals surface area contributed by atoms with Gasteiger partial charge < -0.3 is 14.0 Å². The molecule has 8 nitrogen and oxygen atoms in total. The maximum absolute atomic E-state index is 12.5. The monoisotopic (exact) mass is 442 g/mol. The minimum absolute atomic E-state index is 0.0699. The molecule has 0 radical (unpaired) electrons. The van der Waals surface area contributed by atoms with Crippen molar-refractivity contribution in [1.82, 2.24) is 9.29 Å². The second kappa shape index (κ2) is 10.1. The number of aromatic nitrogens is 1. The van der Waals surface area contributed by atoms with Gasteiger partial charge in [-0.1, -0.05) is 6.07 Å². The van der Waals surface area contributed by atoms with Gasteiger partial charge in [0.1, 0.15) is 4.21 Å². The summed E-state index contributed by atoms with van der Waals surface area (Å²) >= 11 is 1.09. The summed E-state index contributed by atoms with van der Waals surface area (Å²) in [5, 5.41) is 1.65. The number of thiophene rings is 1. The fraction of sp³-hybridized carbons (Fsp3) is 0.474. The molecule has 2 aromatic rings. The van der Waals surface area contributed by atoms with Gasteiger partial charge in [-0.3, -0.25) is 9.59 Å². The average molecular weight is 443 g/mol. The molecule has 1 unspecified atom stereocenters. The van der Waals surface area contributed by atoms with Crippen LogP contribution in [0.4, 0.5) is 0 Å². The van der Waals surface area contributed by atoms with E-state index >= 15 is 0 Å². The standard InChI is InChI=1S/C19H26N2O6S2/c1-13-10-16(15(3)21(13)14(2)11-26-4)17(22)12-27-18(23)7-8-20-29(24,25)19-6-5-9-28-19/h5-6,9-10,14,20H,7-8,11-12H2,1-4H3. The molecule has 29 heavy (non-hydrogen) atoms. The van der Waals surface area contributed by atoms with Crippen LogP contribution >= 0.6 is 11.3 Å². The van der Waals surface area contributed by atoms with Gasteiger partial charge in [-0.2, -0.15) is 0 Å². The number of ether oxygens (including phenoxy) is 2. The number of nitrogens with zero attached hydrogens (tertiary/aromatic N) is 1. The third-order valence-corrected chi connectivity index (χ3v) is 7.24. The number of esters is 1. The zero-order chi connectivity index (χ0) is 21.6. The summed E-state index contributed by atoms with van der Waals surface area (Å²) < 4.78 is 38.7. The highest BCUT2D eigenvalue weighted by atomic mass is 32.2. The van der Waals surface area contributed by atoms with E-state index in [4.69, 9.17) is 9.47 Å². The largest absolute Gasteiger partial charge is 0.457 e. The SMILES string of the molecule is COCC(C)n1c(C)cc(C(=O)COC(=O)CCNS(=O)(=O)c2cccs2)c1C. The van der Waals surface area contributed by atoms with Crippen molar-refractivity contribution in [2.45, 2.75) is 37.4 Å². The Bertz CT molecular complexity index is 948. The first kappa shape index (κ1) is 23.3. The van der Waals surface area contributed by atoms with Gasteiger partial charge in [0.2, 0.25) is 15.8 Å². The zero-order valence-corrected chi connectivity index (χ0v) is 18.6. The average Bonchev–Trinajstić information content (AvgIpc) is 3.28. The van der Waals surface area contributed by atoms with Gasteiger partial charge in [0.05, 0.1) is 19.1 Å². The van der Waals surface area contributed by atoms with E-state index < -0.39 is 16.0 Å². The lowest BCUT2D eigenvalue weighted by Crippen LogP contribution is -2.26. The van der Waals surface area contributed by atoms with Crippen LogP contribution in [0.5, 0.6) is 0 Å². The lowest BCUT2D eigenvalue weighted by molar-refractivity contribution is -0.142. The molecule has 2 aromatic heterocycles. The highest BCUT2D eigenvalue weighted by molar-refractivity contribution is 7.91. The summed E-state index contributed by atoms with van der Waals surface area (Å²) in [4.78, 5) is 24.3. The molecule has 0 saturated carbocycles. The molecule has 0 bridgehead atoms. The highest BCUT2D eigenvalue weighted by Crippen LogP contribution is 2.21. The number of methoxy groups -OCH3 is 1. The number of sulfonamides is 1. The van der Waals surface area contributed by atoms with E-state index in [9.17, 15) is 18.0 Å². The lowest BCUT2D eigenvalue weighted by Gasteiger charge is -2.17.